The van der Waals surface area contributed by atoms with Crippen LogP contribution >= 0.6 is 0 Å². The van der Waals surface area contributed by atoms with E-state index in [4.69, 9.17) is 4.74 Å². The lowest BCUT2D eigenvalue weighted by Gasteiger charge is -2.17. The van der Waals surface area contributed by atoms with Crippen LogP contribution in [0, 0.1) is 5.82 Å². The van der Waals surface area contributed by atoms with Crippen molar-refractivity contribution in [3.05, 3.63) is 70.5 Å². The predicted molar refractivity (Wildman–Crippen MR) is 80.0 cm³/mol. The van der Waals surface area contributed by atoms with Gasteiger partial charge in [0.05, 0.1) is 7.11 Å². The van der Waals surface area contributed by atoms with E-state index in [9.17, 15) is 9.18 Å². The van der Waals surface area contributed by atoms with Crippen LogP contribution in [0.15, 0.2) is 48.0 Å². The van der Waals surface area contributed by atoms with Crippen molar-refractivity contribution in [1.29, 1.82) is 0 Å². The molecule has 0 N–H and O–H groups in total. The van der Waals surface area contributed by atoms with E-state index < -0.39 is 5.82 Å². The SMILES string of the molecule is COc1ccc(/C=C2/CCc3ccccc3C2=O)cc1F. The van der Waals surface area contributed by atoms with Gasteiger partial charge in [-0.05, 0) is 42.2 Å². The molecule has 0 amide bonds. The molecule has 0 saturated carbocycles. The highest BCUT2D eigenvalue weighted by atomic mass is 19.1. The third-order valence-corrected chi connectivity index (χ3v) is 3.73. The van der Waals surface area contributed by atoms with Gasteiger partial charge in [-0.3, -0.25) is 4.79 Å². The Morgan fingerprint density at radius 2 is 1.95 bits per heavy atom. The summed E-state index contributed by atoms with van der Waals surface area (Å²) < 4.78 is 18.6. The minimum absolute atomic E-state index is 0.0353. The Kier molecular flexibility index (Phi) is 3.57. The van der Waals surface area contributed by atoms with Crippen LogP contribution in [0.3, 0.4) is 0 Å². The van der Waals surface area contributed by atoms with Gasteiger partial charge in [-0.1, -0.05) is 30.3 Å². The smallest absolute Gasteiger partial charge is 0.189 e. The molecule has 0 saturated heterocycles. The summed E-state index contributed by atoms with van der Waals surface area (Å²) in [5.74, 6) is -0.180. The highest BCUT2D eigenvalue weighted by Gasteiger charge is 2.21. The standard InChI is InChI=1S/C18H15FO2/c1-21-17-9-6-12(11-16(17)19)10-14-8-7-13-4-2-3-5-15(13)18(14)20/h2-6,9-11H,7-8H2,1H3/b14-10-. The third kappa shape index (κ3) is 2.59. The molecule has 2 aromatic rings. The molecule has 0 fully saturated rings. The molecule has 0 atom stereocenters. The molecular weight excluding hydrogens is 267 g/mol. The molecule has 3 heteroatoms. The van der Waals surface area contributed by atoms with Gasteiger partial charge in [0, 0.05) is 11.1 Å². The lowest BCUT2D eigenvalue weighted by Crippen LogP contribution is -2.13. The number of ether oxygens (including phenoxy) is 1. The highest BCUT2D eigenvalue weighted by molar-refractivity contribution is 6.13. The number of rotatable bonds is 2. The van der Waals surface area contributed by atoms with Crippen molar-refractivity contribution >= 4 is 11.9 Å². The maximum Gasteiger partial charge on any atom is 0.189 e. The Hall–Kier alpha value is -2.42. The normalized spacial score (nSPS) is 15.9. The van der Waals surface area contributed by atoms with E-state index in [-0.39, 0.29) is 11.5 Å². The number of allylic oxidation sites excluding steroid dienone is 1. The number of halogens is 1. The first-order chi connectivity index (χ1) is 10.2. The molecule has 0 heterocycles. The fourth-order valence-corrected chi connectivity index (χ4v) is 2.63. The van der Waals surface area contributed by atoms with Crippen molar-refractivity contribution in [1.82, 2.24) is 0 Å². The van der Waals surface area contributed by atoms with Gasteiger partial charge in [0.2, 0.25) is 0 Å². The fraction of sp³-hybridized carbons (Fsp3) is 0.167. The van der Waals surface area contributed by atoms with Crippen LogP contribution in [0.1, 0.15) is 27.9 Å². The number of carbonyl (C=O) groups excluding carboxylic acids is 1. The molecule has 0 aliphatic heterocycles. The number of fused-ring (bicyclic) bond motifs is 1. The molecule has 0 spiro atoms. The van der Waals surface area contributed by atoms with Crippen LogP contribution in [-0.2, 0) is 6.42 Å². The fourth-order valence-electron chi connectivity index (χ4n) is 2.63. The summed E-state index contributed by atoms with van der Waals surface area (Å²) in [6.07, 6.45) is 3.29. The molecule has 2 nitrogen and oxygen atoms in total. The average Bonchev–Trinajstić information content (AvgIpc) is 2.51. The summed E-state index contributed by atoms with van der Waals surface area (Å²) >= 11 is 0. The van der Waals surface area contributed by atoms with E-state index in [0.29, 0.717) is 12.0 Å². The van der Waals surface area contributed by atoms with Crippen molar-refractivity contribution in [3.63, 3.8) is 0 Å². The zero-order valence-corrected chi connectivity index (χ0v) is 11.7. The number of ketones is 1. The summed E-state index contributed by atoms with van der Waals surface area (Å²) in [6.45, 7) is 0. The van der Waals surface area contributed by atoms with Crippen LogP contribution in [0.2, 0.25) is 0 Å². The number of hydrogen-bond acceptors (Lipinski definition) is 2. The second-order valence-corrected chi connectivity index (χ2v) is 5.05. The molecule has 106 valence electrons. The molecule has 21 heavy (non-hydrogen) atoms. The molecule has 0 aromatic heterocycles. The molecule has 0 unspecified atom stereocenters. The van der Waals surface area contributed by atoms with E-state index in [0.717, 1.165) is 23.1 Å². The van der Waals surface area contributed by atoms with Crippen molar-refractivity contribution in [2.24, 2.45) is 0 Å². The highest BCUT2D eigenvalue weighted by Crippen LogP contribution is 2.27. The minimum atomic E-state index is -0.421. The van der Waals surface area contributed by atoms with Gasteiger partial charge in [-0.15, -0.1) is 0 Å². The number of carbonyl (C=O) groups is 1. The number of methoxy groups -OCH3 is 1. The van der Waals surface area contributed by atoms with Crippen molar-refractivity contribution in [2.45, 2.75) is 12.8 Å². The zero-order chi connectivity index (χ0) is 14.8. The first-order valence-electron chi connectivity index (χ1n) is 6.86. The average molecular weight is 282 g/mol. The molecule has 1 aliphatic carbocycles. The Balaban J connectivity index is 1.95. The van der Waals surface area contributed by atoms with Crippen LogP contribution in [0.4, 0.5) is 4.39 Å². The lowest BCUT2D eigenvalue weighted by atomic mass is 9.86. The zero-order valence-electron chi connectivity index (χ0n) is 11.7. The lowest BCUT2D eigenvalue weighted by molar-refractivity contribution is 0.102. The van der Waals surface area contributed by atoms with Gasteiger partial charge in [-0.25, -0.2) is 4.39 Å². The maximum absolute atomic E-state index is 13.7. The van der Waals surface area contributed by atoms with Crippen LogP contribution in [-0.4, -0.2) is 12.9 Å². The molecule has 3 rings (SSSR count). The van der Waals surface area contributed by atoms with Gasteiger partial charge in [0.25, 0.3) is 0 Å². The number of Topliss-reactive ketones (excluding diaryl/α,β-unsaturated/α-hetero) is 1. The van der Waals surface area contributed by atoms with Crippen LogP contribution < -0.4 is 4.74 Å². The second kappa shape index (κ2) is 5.52. The first-order valence-corrected chi connectivity index (χ1v) is 6.86. The topological polar surface area (TPSA) is 26.3 Å². The van der Waals surface area contributed by atoms with Gasteiger partial charge in [0.1, 0.15) is 0 Å². The van der Waals surface area contributed by atoms with E-state index in [1.165, 1.54) is 13.2 Å². The quantitative estimate of drug-likeness (QED) is 0.777. The molecular formula is C18H15FO2. The Morgan fingerprint density at radius 3 is 2.71 bits per heavy atom. The summed E-state index contributed by atoms with van der Waals surface area (Å²) in [6, 6.07) is 12.4. The molecule has 0 bridgehead atoms. The van der Waals surface area contributed by atoms with E-state index in [2.05, 4.69) is 0 Å². The summed E-state index contributed by atoms with van der Waals surface area (Å²) in [5.41, 5.74) is 3.24. The summed E-state index contributed by atoms with van der Waals surface area (Å²) in [4.78, 5) is 12.4. The Morgan fingerprint density at radius 1 is 1.14 bits per heavy atom. The maximum atomic E-state index is 13.7. The van der Waals surface area contributed by atoms with Crippen LogP contribution in [0.5, 0.6) is 5.75 Å². The summed E-state index contributed by atoms with van der Waals surface area (Å²) in [5, 5.41) is 0. The van der Waals surface area contributed by atoms with Crippen molar-refractivity contribution in [3.8, 4) is 5.75 Å². The molecule has 0 radical (unpaired) electrons. The second-order valence-electron chi connectivity index (χ2n) is 5.05. The number of hydrogen-bond donors (Lipinski definition) is 0. The van der Waals surface area contributed by atoms with E-state index in [1.807, 2.05) is 24.3 Å². The largest absolute Gasteiger partial charge is 0.494 e. The minimum Gasteiger partial charge on any atom is -0.494 e. The monoisotopic (exact) mass is 282 g/mol. The van der Waals surface area contributed by atoms with Crippen LogP contribution in [0.25, 0.3) is 6.08 Å². The van der Waals surface area contributed by atoms with E-state index >= 15 is 0 Å². The van der Waals surface area contributed by atoms with Gasteiger partial charge in [-0.2, -0.15) is 0 Å². The van der Waals surface area contributed by atoms with Gasteiger partial charge >= 0.3 is 0 Å². The molecule has 1 aliphatic rings. The van der Waals surface area contributed by atoms with Crippen molar-refractivity contribution < 1.29 is 13.9 Å². The van der Waals surface area contributed by atoms with E-state index in [1.54, 1.807) is 18.2 Å². The Bertz CT molecular complexity index is 732. The third-order valence-electron chi connectivity index (χ3n) is 3.73. The number of benzene rings is 2. The summed E-state index contributed by atoms with van der Waals surface area (Å²) in [7, 11) is 1.43. The van der Waals surface area contributed by atoms with Gasteiger partial charge < -0.3 is 4.74 Å². The predicted octanol–water partition coefficient (Wildman–Crippen LogP) is 4.05. The Labute approximate surface area is 122 Å². The van der Waals surface area contributed by atoms with Gasteiger partial charge in [0.15, 0.2) is 17.3 Å². The van der Waals surface area contributed by atoms with Crippen molar-refractivity contribution in [2.75, 3.05) is 7.11 Å². The number of aryl methyl sites for hydroxylation is 1. The first kappa shape index (κ1) is 13.6. The molecule has 2 aromatic carbocycles.